The number of thiocarbonyl (C=S) groups is 1. The molecule has 0 aliphatic carbocycles. The van der Waals surface area contributed by atoms with E-state index in [-0.39, 0.29) is 17.3 Å². The molecule has 1 unspecified atom stereocenters. The van der Waals surface area contributed by atoms with Crippen molar-refractivity contribution >= 4 is 17.2 Å². The second kappa shape index (κ2) is 5.82. The first-order chi connectivity index (χ1) is 8.11. The van der Waals surface area contributed by atoms with Crippen LogP contribution in [-0.2, 0) is 9.47 Å². The molecule has 0 spiro atoms. The van der Waals surface area contributed by atoms with Crippen molar-refractivity contribution in [1.29, 1.82) is 0 Å². The molecule has 1 saturated heterocycles. The molecule has 0 radical (unpaired) electrons. The molecular formula is C13H26N2O2S. The van der Waals surface area contributed by atoms with Crippen molar-refractivity contribution in [3.8, 4) is 0 Å². The van der Waals surface area contributed by atoms with Gasteiger partial charge in [0.05, 0.1) is 17.8 Å². The Morgan fingerprint density at radius 1 is 1.33 bits per heavy atom. The van der Waals surface area contributed by atoms with Gasteiger partial charge >= 0.3 is 0 Å². The van der Waals surface area contributed by atoms with Gasteiger partial charge in [-0.2, -0.15) is 0 Å². The van der Waals surface area contributed by atoms with Crippen molar-refractivity contribution in [3.63, 3.8) is 0 Å². The lowest BCUT2D eigenvalue weighted by molar-refractivity contribution is -0.182. The topological polar surface area (TPSA) is 47.7 Å². The maximum Gasteiger partial charge on any atom is 0.104 e. The van der Waals surface area contributed by atoms with E-state index in [0.717, 1.165) is 19.6 Å². The van der Waals surface area contributed by atoms with E-state index < -0.39 is 0 Å². The van der Waals surface area contributed by atoms with Crippen LogP contribution in [-0.4, -0.2) is 53.4 Å². The van der Waals surface area contributed by atoms with Crippen molar-refractivity contribution < 1.29 is 9.47 Å². The maximum absolute atomic E-state index is 6.03. The summed E-state index contributed by atoms with van der Waals surface area (Å²) < 4.78 is 11.6. The van der Waals surface area contributed by atoms with Gasteiger partial charge in [0.25, 0.3) is 0 Å². The smallest absolute Gasteiger partial charge is 0.104 e. The Balaban J connectivity index is 2.40. The summed E-state index contributed by atoms with van der Waals surface area (Å²) >= 11 is 4.88. The van der Waals surface area contributed by atoms with Crippen LogP contribution in [0, 0.1) is 0 Å². The van der Waals surface area contributed by atoms with E-state index in [1.807, 2.05) is 6.92 Å². The molecule has 0 bridgehead atoms. The zero-order valence-corrected chi connectivity index (χ0v) is 13.0. The molecule has 1 fully saturated rings. The summed E-state index contributed by atoms with van der Waals surface area (Å²) in [6.45, 7) is 13.7. The van der Waals surface area contributed by atoms with Crippen molar-refractivity contribution in [2.24, 2.45) is 5.73 Å². The van der Waals surface area contributed by atoms with Crippen LogP contribution in [0.3, 0.4) is 0 Å². The molecule has 1 atom stereocenters. The van der Waals surface area contributed by atoms with E-state index in [9.17, 15) is 0 Å². The molecule has 5 heteroatoms. The van der Waals surface area contributed by atoms with Gasteiger partial charge in [-0.3, -0.25) is 4.90 Å². The summed E-state index contributed by atoms with van der Waals surface area (Å²) in [6, 6.07) is 0. The second-order valence-corrected chi connectivity index (χ2v) is 6.72. The Bertz CT molecular complexity index is 289. The average Bonchev–Trinajstić information content (AvgIpc) is 2.11. The van der Waals surface area contributed by atoms with Crippen LogP contribution >= 0.6 is 12.2 Å². The normalized spacial score (nSPS) is 24.7. The van der Waals surface area contributed by atoms with Crippen molar-refractivity contribution in [2.75, 3.05) is 26.2 Å². The minimum absolute atomic E-state index is 0.115. The Kier molecular flexibility index (Phi) is 5.12. The zero-order valence-electron chi connectivity index (χ0n) is 12.2. The largest absolute Gasteiger partial charge is 0.391 e. The van der Waals surface area contributed by atoms with Gasteiger partial charge in [-0.05, 0) is 34.6 Å². The fourth-order valence-corrected chi connectivity index (χ4v) is 2.61. The highest BCUT2D eigenvalue weighted by Crippen LogP contribution is 2.27. The lowest BCUT2D eigenvalue weighted by Crippen LogP contribution is -2.57. The Morgan fingerprint density at radius 3 is 2.28 bits per heavy atom. The Hall–Kier alpha value is -0.230. The summed E-state index contributed by atoms with van der Waals surface area (Å²) in [5, 5.41) is 0. The zero-order chi connectivity index (χ0) is 14.0. The van der Waals surface area contributed by atoms with Crippen molar-refractivity contribution in [2.45, 2.75) is 51.9 Å². The van der Waals surface area contributed by atoms with E-state index in [1.54, 1.807) is 0 Å². The van der Waals surface area contributed by atoms with Crippen LogP contribution in [0.2, 0.25) is 0 Å². The predicted octanol–water partition coefficient (Wildman–Crippen LogP) is 1.57. The van der Waals surface area contributed by atoms with Gasteiger partial charge in [-0.25, -0.2) is 0 Å². The molecule has 1 aliphatic rings. The second-order valence-electron chi connectivity index (χ2n) is 6.25. The van der Waals surface area contributed by atoms with Gasteiger partial charge in [0.1, 0.15) is 11.1 Å². The van der Waals surface area contributed by atoms with E-state index >= 15 is 0 Å². The number of morpholine rings is 1. The minimum Gasteiger partial charge on any atom is -0.391 e. The van der Waals surface area contributed by atoms with E-state index in [1.165, 1.54) is 0 Å². The molecule has 2 N–H and O–H groups in total. The molecule has 0 aromatic carbocycles. The minimum atomic E-state index is -0.151. The third kappa shape index (κ3) is 5.18. The van der Waals surface area contributed by atoms with Crippen molar-refractivity contribution in [3.05, 3.63) is 0 Å². The number of hydrogen-bond acceptors (Lipinski definition) is 4. The highest BCUT2D eigenvalue weighted by atomic mass is 32.1. The molecule has 1 rings (SSSR count). The van der Waals surface area contributed by atoms with Gasteiger partial charge in [-0.1, -0.05) is 12.2 Å². The predicted molar refractivity (Wildman–Crippen MR) is 77.9 cm³/mol. The SMILES string of the molecule is CC(OCCN1CC(C)(C)OC(C)(C)C1)C(N)=S. The number of rotatable bonds is 5. The molecular weight excluding hydrogens is 248 g/mol. The Labute approximate surface area is 116 Å². The van der Waals surface area contributed by atoms with Gasteiger partial charge in [0.2, 0.25) is 0 Å². The highest BCUT2D eigenvalue weighted by Gasteiger charge is 2.37. The number of nitrogens with two attached hydrogens (primary N) is 1. The summed E-state index contributed by atoms with van der Waals surface area (Å²) in [4.78, 5) is 2.79. The molecule has 0 aromatic heterocycles. The summed E-state index contributed by atoms with van der Waals surface area (Å²) in [7, 11) is 0. The standard InChI is InChI=1S/C13H26N2O2S/c1-10(11(14)18)16-7-6-15-8-12(2,3)17-13(4,5)9-15/h10H,6-9H2,1-5H3,(H2,14,18). The maximum atomic E-state index is 6.03. The molecule has 0 aromatic rings. The molecule has 1 aliphatic heterocycles. The highest BCUT2D eigenvalue weighted by molar-refractivity contribution is 7.80. The first-order valence-electron chi connectivity index (χ1n) is 6.45. The molecule has 1 heterocycles. The van der Waals surface area contributed by atoms with E-state index in [0.29, 0.717) is 11.6 Å². The molecule has 0 amide bonds. The van der Waals surface area contributed by atoms with E-state index in [2.05, 4.69) is 32.6 Å². The third-order valence-electron chi connectivity index (χ3n) is 2.94. The first-order valence-corrected chi connectivity index (χ1v) is 6.86. The quantitative estimate of drug-likeness (QED) is 0.771. The van der Waals surface area contributed by atoms with Crippen LogP contribution in [0.4, 0.5) is 0 Å². The van der Waals surface area contributed by atoms with E-state index in [4.69, 9.17) is 27.4 Å². The van der Waals surface area contributed by atoms with Crippen LogP contribution < -0.4 is 5.73 Å². The Morgan fingerprint density at radius 2 is 1.83 bits per heavy atom. The molecule has 4 nitrogen and oxygen atoms in total. The lowest BCUT2D eigenvalue weighted by Gasteiger charge is -2.47. The molecule has 0 saturated carbocycles. The van der Waals surface area contributed by atoms with Crippen LogP contribution in [0.15, 0.2) is 0 Å². The first kappa shape index (κ1) is 15.8. The monoisotopic (exact) mass is 274 g/mol. The summed E-state index contributed by atoms with van der Waals surface area (Å²) in [5.41, 5.74) is 5.29. The van der Waals surface area contributed by atoms with Crippen LogP contribution in [0.25, 0.3) is 0 Å². The average molecular weight is 274 g/mol. The van der Waals surface area contributed by atoms with Gasteiger partial charge in [-0.15, -0.1) is 0 Å². The van der Waals surface area contributed by atoms with Crippen LogP contribution in [0.1, 0.15) is 34.6 Å². The summed E-state index contributed by atoms with van der Waals surface area (Å²) in [5.74, 6) is 0. The fourth-order valence-electron chi connectivity index (χ4n) is 2.54. The fraction of sp³-hybridized carbons (Fsp3) is 0.923. The molecule has 106 valence electrons. The van der Waals surface area contributed by atoms with Crippen LogP contribution in [0.5, 0.6) is 0 Å². The van der Waals surface area contributed by atoms with Gasteiger partial charge in [0, 0.05) is 19.6 Å². The third-order valence-corrected chi connectivity index (χ3v) is 3.27. The summed E-state index contributed by atoms with van der Waals surface area (Å²) in [6.07, 6.45) is -0.151. The number of hydrogen-bond donors (Lipinski definition) is 1. The van der Waals surface area contributed by atoms with Gasteiger partial charge in [0.15, 0.2) is 0 Å². The number of ether oxygens (including phenoxy) is 2. The van der Waals surface area contributed by atoms with Crippen molar-refractivity contribution in [1.82, 2.24) is 4.90 Å². The molecule has 18 heavy (non-hydrogen) atoms. The lowest BCUT2D eigenvalue weighted by atomic mass is 9.99. The number of nitrogens with zero attached hydrogens (tertiary/aromatic N) is 1. The van der Waals surface area contributed by atoms with Gasteiger partial charge < -0.3 is 15.2 Å².